The van der Waals surface area contributed by atoms with E-state index in [4.69, 9.17) is 23.7 Å². The molecule has 0 amide bonds. The number of esters is 1. The molecule has 34 heavy (non-hydrogen) atoms. The van der Waals surface area contributed by atoms with Gasteiger partial charge in [-0.15, -0.1) is 0 Å². The van der Waals surface area contributed by atoms with E-state index < -0.39 is 12.1 Å². The van der Waals surface area contributed by atoms with Gasteiger partial charge in [0.1, 0.15) is 17.6 Å². The first-order valence-corrected chi connectivity index (χ1v) is 10.6. The molecule has 0 saturated carbocycles. The Balaban J connectivity index is 1.82. The highest BCUT2D eigenvalue weighted by atomic mass is 16.5. The fourth-order valence-electron chi connectivity index (χ4n) is 4.28. The summed E-state index contributed by atoms with van der Waals surface area (Å²) in [6.45, 7) is 3.90. The molecule has 7 nitrogen and oxygen atoms in total. The van der Waals surface area contributed by atoms with Crippen molar-refractivity contribution in [3.8, 4) is 23.0 Å². The first-order valence-electron chi connectivity index (χ1n) is 10.6. The van der Waals surface area contributed by atoms with Gasteiger partial charge in [-0.2, -0.15) is 0 Å². The molecule has 4 rings (SSSR count). The summed E-state index contributed by atoms with van der Waals surface area (Å²) in [6.07, 6.45) is -0.957. The maximum absolute atomic E-state index is 12.8. The number of methoxy groups -OCH3 is 4. The Labute approximate surface area is 197 Å². The van der Waals surface area contributed by atoms with E-state index >= 15 is 0 Å². The molecule has 3 aromatic rings. The molecule has 1 unspecified atom stereocenters. The number of aliphatic hydroxyl groups excluding tert-OH is 1. The highest BCUT2D eigenvalue weighted by Gasteiger charge is 2.35. The molecule has 1 heterocycles. The smallest absolute Gasteiger partial charge is 0.342 e. The van der Waals surface area contributed by atoms with Crippen molar-refractivity contribution in [1.29, 1.82) is 0 Å². The Kier molecular flexibility index (Phi) is 6.47. The van der Waals surface area contributed by atoms with Crippen molar-refractivity contribution in [2.24, 2.45) is 0 Å². The molecule has 1 aliphatic rings. The Hall–Kier alpha value is -3.97. The SMILES string of the molecule is C=C1OC(=O)C(C(O)c2ccc(OC)c3ccccc23)=C1Cc1cc(OC)c(OC)c(OC)c1. The average Bonchev–Trinajstić information content (AvgIpc) is 3.14. The van der Waals surface area contributed by atoms with E-state index in [0.717, 1.165) is 16.3 Å². The maximum Gasteiger partial charge on any atom is 0.342 e. The van der Waals surface area contributed by atoms with Crippen LogP contribution in [0, 0.1) is 0 Å². The molecule has 1 N–H and O–H groups in total. The summed E-state index contributed by atoms with van der Waals surface area (Å²) < 4.78 is 27.1. The van der Waals surface area contributed by atoms with Crippen molar-refractivity contribution in [2.45, 2.75) is 12.5 Å². The van der Waals surface area contributed by atoms with Gasteiger partial charge in [-0.25, -0.2) is 4.79 Å². The third kappa shape index (κ3) is 3.95. The number of allylic oxidation sites excluding steroid dienone is 1. The second-order valence-electron chi connectivity index (χ2n) is 7.72. The molecule has 0 fully saturated rings. The Bertz CT molecular complexity index is 1280. The minimum Gasteiger partial charge on any atom is -0.496 e. The number of aliphatic hydroxyl groups is 1. The number of hydrogen-bond donors (Lipinski definition) is 1. The van der Waals surface area contributed by atoms with Crippen LogP contribution >= 0.6 is 0 Å². The van der Waals surface area contributed by atoms with Gasteiger partial charge in [0.15, 0.2) is 11.5 Å². The third-order valence-electron chi connectivity index (χ3n) is 5.91. The second-order valence-corrected chi connectivity index (χ2v) is 7.72. The van der Waals surface area contributed by atoms with E-state index in [-0.39, 0.29) is 17.8 Å². The lowest BCUT2D eigenvalue weighted by molar-refractivity contribution is -0.134. The van der Waals surface area contributed by atoms with Crippen molar-refractivity contribution in [1.82, 2.24) is 0 Å². The van der Waals surface area contributed by atoms with Crippen LogP contribution in [0.2, 0.25) is 0 Å². The van der Waals surface area contributed by atoms with Crippen LogP contribution in [0.4, 0.5) is 0 Å². The monoisotopic (exact) mass is 462 g/mol. The van der Waals surface area contributed by atoms with Gasteiger partial charge in [-0.05, 0) is 34.7 Å². The van der Waals surface area contributed by atoms with E-state index in [1.54, 1.807) is 31.4 Å². The van der Waals surface area contributed by atoms with Crippen LogP contribution in [0.1, 0.15) is 17.2 Å². The lowest BCUT2D eigenvalue weighted by Crippen LogP contribution is -2.11. The number of rotatable bonds is 8. The fourth-order valence-corrected chi connectivity index (χ4v) is 4.28. The number of benzene rings is 3. The molecule has 1 aliphatic heterocycles. The van der Waals surface area contributed by atoms with Crippen LogP contribution in [-0.4, -0.2) is 39.5 Å². The molecular formula is C27H26O7. The van der Waals surface area contributed by atoms with Crippen molar-refractivity contribution < 1.29 is 33.6 Å². The zero-order valence-electron chi connectivity index (χ0n) is 19.5. The third-order valence-corrected chi connectivity index (χ3v) is 5.91. The van der Waals surface area contributed by atoms with Gasteiger partial charge in [-0.1, -0.05) is 36.9 Å². The molecule has 0 saturated heterocycles. The van der Waals surface area contributed by atoms with Gasteiger partial charge in [0, 0.05) is 17.4 Å². The fraction of sp³-hybridized carbons (Fsp3) is 0.222. The van der Waals surface area contributed by atoms with Gasteiger partial charge in [0.25, 0.3) is 0 Å². The Morgan fingerprint density at radius 3 is 2.09 bits per heavy atom. The first kappa shape index (κ1) is 23.2. The van der Waals surface area contributed by atoms with E-state index in [9.17, 15) is 9.90 Å². The highest BCUT2D eigenvalue weighted by Crippen LogP contribution is 2.42. The van der Waals surface area contributed by atoms with Gasteiger partial charge >= 0.3 is 5.97 Å². The lowest BCUT2D eigenvalue weighted by Gasteiger charge is -2.17. The zero-order valence-corrected chi connectivity index (χ0v) is 19.5. The standard InChI is InChI=1S/C27H26O7/c1-15-20(12-16-13-22(31-3)26(33-5)23(14-16)32-4)24(27(29)34-15)25(28)19-10-11-21(30-2)18-9-7-6-8-17(18)19/h6-11,13-14,25,28H,1,12H2,2-5H3. The Morgan fingerprint density at radius 1 is 0.882 bits per heavy atom. The molecule has 3 aromatic carbocycles. The van der Waals surface area contributed by atoms with Gasteiger partial charge < -0.3 is 28.8 Å². The van der Waals surface area contributed by atoms with Crippen LogP contribution < -0.4 is 18.9 Å². The molecule has 1 atom stereocenters. The molecule has 0 aromatic heterocycles. The highest BCUT2D eigenvalue weighted by molar-refractivity contribution is 5.98. The van der Waals surface area contributed by atoms with Crippen LogP contribution in [0.25, 0.3) is 10.8 Å². The van der Waals surface area contributed by atoms with Gasteiger partial charge in [-0.3, -0.25) is 0 Å². The largest absolute Gasteiger partial charge is 0.496 e. The summed E-state index contributed by atoms with van der Waals surface area (Å²) in [4.78, 5) is 12.8. The van der Waals surface area contributed by atoms with Crippen molar-refractivity contribution >= 4 is 16.7 Å². The second kappa shape index (κ2) is 9.49. The number of fused-ring (bicyclic) bond motifs is 1. The topological polar surface area (TPSA) is 83.5 Å². The molecule has 0 bridgehead atoms. The molecule has 7 heteroatoms. The molecule has 0 aliphatic carbocycles. The number of hydrogen-bond acceptors (Lipinski definition) is 7. The van der Waals surface area contributed by atoms with Crippen LogP contribution in [-0.2, 0) is 16.0 Å². The summed E-state index contributed by atoms with van der Waals surface area (Å²) in [6, 6.07) is 14.7. The first-order chi connectivity index (χ1) is 16.4. The molecular weight excluding hydrogens is 436 g/mol. The number of carbonyl (C=O) groups excluding carboxylic acids is 1. The summed E-state index contributed by atoms with van der Waals surface area (Å²) in [5.74, 6) is 1.68. The van der Waals surface area contributed by atoms with E-state index in [2.05, 4.69) is 6.58 Å². The normalized spacial score (nSPS) is 14.3. The predicted molar refractivity (Wildman–Crippen MR) is 128 cm³/mol. The lowest BCUT2D eigenvalue weighted by atomic mass is 9.91. The quantitative estimate of drug-likeness (QED) is 0.493. The number of cyclic esters (lactones) is 1. The number of carbonyl (C=O) groups is 1. The van der Waals surface area contributed by atoms with E-state index in [1.165, 1.54) is 21.3 Å². The van der Waals surface area contributed by atoms with Gasteiger partial charge in [0.05, 0.1) is 34.0 Å². The van der Waals surface area contributed by atoms with Crippen molar-refractivity contribution in [2.75, 3.05) is 28.4 Å². The molecule has 176 valence electrons. The molecule has 0 spiro atoms. The van der Waals surface area contributed by atoms with Crippen LogP contribution in [0.5, 0.6) is 23.0 Å². The Morgan fingerprint density at radius 2 is 1.50 bits per heavy atom. The summed E-state index contributed by atoms with van der Waals surface area (Å²) >= 11 is 0. The summed E-state index contributed by atoms with van der Waals surface area (Å²) in [5, 5.41) is 13.0. The molecule has 0 radical (unpaired) electrons. The number of ether oxygens (including phenoxy) is 5. The van der Waals surface area contributed by atoms with Crippen LogP contribution in [0.15, 0.2) is 72.0 Å². The average molecular weight is 462 g/mol. The predicted octanol–water partition coefficient (Wildman–Crippen LogP) is 4.52. The van der Waals surface area contributed by atoms with Gasteiger partial charge in [0.2, 0.25) is 5.75 Å². The van der Waals surface area contributed by atoms with Crippen molar-refractivity contribution in [3.63, 3.8) is 0 Å². The minimum absolute atomic E-state index is 0.147. The summed E-state index contributed by atoms with van der Waals surface area (Å²) in [7, 11) is 6.19. The minimum atomic E-state index is -1.22. The van der Waals surface area contributed by atoms with E-state index in [0.29, 0.717) is 34.1 Å². The van der Waals surface area contributed by atoms with E-state index in [1.807, 2.05) is 24.3 Å². The maximum atomic E-state index is 12.8. The van der Waals surface area contributed by atoms with Crippen molar-refractivity contribution in [3.05, 3.63) is 83.1 Å². The van der Waals surface area contributed by atoms with Crippen LogP contribution in [0.3, 0.4) is 0 Å². The summed E-state index contributed by atoms with van der Waals surface area (Å²) in [5.41, 5.74) is 1.99. The zero-order chi connectivity index (χ0) is 24.4.